The lowest BCUT2D eigenvalue weighted by Gasteiger charge is -1.95. The summed E-state index contributed by atoms with van der Waals surface area (Å²) in [6.45, 7) is 8.09. The summed E-state index contributed by atoms with van der Waals surface area (Å²) in [7, 11) is 0. The Morgan fingerprint density at radius 2 is 1.25 bits per heavy atom. The Bertz CT molecular complexity index is 119. The fourth-order valence-electron chi connectivity index (χ4n) is 0.780. The average molecular weight is 168 g/mol. The largest absolute Gasteiger partial charge is 0.306 e. The number of hydrogen-bond donors (Lipinski definition) is 2. The van der Waals surface area contributed by atoms with Crippen molar-refractivity contribution in [3.05, 3.63) is 0 Å². The van der Waals surface area contributed by atoms with Gasteiger partial charge in [-0.1, -0.05) is 25.7 Å². The van der Waals surface area contributed by atoms with Gasteiger partial charge in [0.05, 0.1) is 13.1 Å². The van der Waals surface area contributed by atoms with Crippen LogP contribution in [-0.4, -0.2) is 26.2 Å². The summed E-state index contributed by atoms with van der Waals surface area (Å²) >= 11 is 0. The van der Waals surface area contributed by atoms with Crippen LogP contribution in [0, 0.1) is 11.8 Å². The van der Waals surface area contributed by atoms with Gasteiger partial charge in [-0.3, -0.25) is 0 Å². The fourth-order valence-corrected chi connectivity index (χ4v) is 0.780. The Morgan fingerprint density at radius 1 is 0.833 bits per heavy atom. The summed E-state index contributed by atoms with van der Waals surface area (Å²) in [4.78, 5) is 0. The van der Waals surface area contributed by atoms with Gasteiger partial charge in [-0.15, -0.1) is 0 Å². The van der Waals surface area contributed by atoms with Gasteiger partial charge in [0.1, 0.15) is 0 Å². The molecule has 0 spiro atoms. The van der Waals surface area contributed by atoms with Gasteiger partial charge in [-0.05, 0) is 25.9 Å². The molecule has 0 amide bonds. The second kappa shape index (κ2) is 10.5. The van der Waals surface area contributed by atoms with Gasteiger partial charge in [-0.2, -0.15) is 0 Å². The fraction of sp³-hybridized carbons (Fsp3) is 0.800. The lowest BCUT2D eigenvalue weighted by Crippen LogP contribution is -2.16. The van der Waals surface area contributed by atoms with E-state index < -0.39 is 0 Å². The standard InChI is InChI=1S/C10H20N2/c1-3-7-11-9-5-6-10-12-8-4-2/h11-12H,3-4,7-10H2,1-2H3. The maximum absolute atomic E-state index is 3.22. The topological polar surface area (TPSA) is 24.1 Å². The zero-order valence-electron chi connectivity index (χ0n) is 8.24. The molecule has 0 unspecified atom stereocenters. The van der Waals surface area contributed by atoms with Crippen molar-refractivity contribution in [1.29, 1.82) is 0 Å². The van der Waals surface area contributed by atoms with Crippen LogP contribution in [0.4, 0.5) is 0 Å². The minimum absolute atomic E-state index is 0.821. The molecular weight excluding hydrogens is 148 g/mol. The van der Waals surface area contributed by atoms with E-state index >= 15 is 0 Å². The van der Waals surface area contributed by atoms with Gasteiger partial charge >= 0.3 is 0 Å². The van der Waals surface area contributed by atoms with Crippen molar-refractivity contribution in [3.8, 4) is 11.8 Å². The van der Waals surface area contributed by atoms with Crippen LogP contribution >= 0.6 is 0 Å². The molecule has 0 aromatic heterocycles. The Kier molecular flexibility index (Phi) is 10.0. The number of rotatable bonds is 6. The molecule has 0 aliphatic carbocycles. The molecule has 2 nitrogen and oxygen atoms in total. The van der Waals surface area contributed by atoms with E-state index in [9.17, 15) is 0 Å². The van der Waals surface area contributed by atoms with Crippen LogP contribution < -0.4 is 10.6 Å². The summed E-state index contributed by atoms with van der Waals surface area (Å²) in [5.74, 6) is 6.11. The van der Waals surface area contributed by atoms with E-state index in [1.165, 1.54) is 12.8 Å². The highest BCUT2D eigenvalue weighted by Crippen LogP contribution is 1.68. The summed E-state index contributed by atoms with van der Waals surface area (Å²) < 4.78 is 0. The summed E-state index contributed by atoms with van der Waals surface area (Å²) in [5.41, 5.74) is 0. The van der Waals surface area contributed by atoms with Crippen molar-refractivity contribution in [1.82, 2.24) is 10.6 Å². The summed E-state index contributed by atoms with van der Waals surface area (Å²) in [6.07, 6.45) is 2.35. The molecule has 0 saturated heterocycles. The van der Waals surface area contributed by atoms with E-state index in [1.807, 2.05) is 0 Å². The minimum Gasteiger partial charge on any atom is -0.306 e. The van der Waals surface area contributed by atoms with Crippen molar-refractivity contribution in [2.45, 2.75) is 26.7 Å². The zero-order valence-corrected chi connectivity index (χ0v) is 8.24. The van der Waals surface area contributed by atoms with Crippen LogP contribution in [0.15, 0.2) is 0 Å². The van der Waals surface area contributed by atoms with Crippen LogP contribution in [0.5, 0.6) is 0 Å². The molecule has 2 N–H and O–H groups in total. The van der Waals surface area contributed by atoms with Crippen molar-refractivity contribution in [3.63, 3.8) is 0 Å². The summed E-state index contributed by atoms with van der Waals surface area (Å²) in [5, 5.41) is 6.45. The predicted octanol–water partition coefficient (Wildman–Crippen LogP) is 0.989. The normalized spacial score (nSPS) is 9.17. The molecule has 0 aliphatic heterocycles. The monoisotopic (exact) mass is 168 g/mol. The molecule has 0 bridgehead atoms. The van der Waals surface area contributed by atoms with E-state index in [0.717, 1.165) is 26.2 Å². The van der Waals surface area contributed by atoms with E-state index in [1.54, 1.807) is 0 Å². The highest BCUT2D eigenvalue weighted by atomic mass is 14.8. The average Bonchev–Trinajstić information content (AvgIpc) is 2.10. The van der Waals surface area contributed by atoms with E-state index in [0.29, 0.717) is 0 Å². The Morgan fingerprint density at radius 3 is 1.58 bits per heavy atom. The number of hydrogen-bond acceptors (Lipinski definition) is 2. The summed E-state index contributed by atoms with van der Waals surface area (Å²) in [6, 6.07) is 0. The Hall–Kier alpha value is -0.520. The van der Waals surface area contributed by atoms with E-state index in [4.69, 9.17) is 0 Å². The third kappa shape index (κ3) is 9.48. The smallest absolute Gasteiger partial charge is 0.0577 e. The molecule has 12 heavy (non-hydrogen) atoms. The quantitative estimate of drug-likeness (QED) is 0.456. The maximum atomic E-state index is 3.22. The molecule has 0 aromatic rings. The molecule has 70 valence electrons. The van der Waals surface area contributed by atoms with Crippen molar-refractivity contribution >= 4 is 0 Å². The van der Waals surface area contributed by atoms with Gasteiger partial charge in [0, 0.05) is 0 Å². The van der Waals surface area contributed by atoms with Crippen LogP contribution in [0.1, 0.15) is 26.7 Å². The Labute approximate surface area is 76.1 Å². The predicted molar refractivity (Wildman–Crippen MR) is 54.1 cm³/mol. The van der Waals surface area contributed by atoms with Crippen molar-refractivity contribution < 1.29 is 0 Å². The molecule has 0 atom stereocenters. The van der Waals surface area contributed by atoms with Crippen LogP contribution in [0.25, 0.3) is 0 Å². The number of nitrogens with one attached hydrogen (secondary N) is 2. The first-order valence-corrected chi connectivity index (χ1v) is 4.79. The SMILES string of the molecule is CCCNCC#CCNCCC. The maximum Gasteiger partial charge on any atom is 0.0577 e. The van der Waals surface area contributed by atoms with Crippen molar-refractivity contribution in [2.24, 2.45) is 0 Å². The first-order chi connectivity index (χ1) is 5.91. The third-order valence-corrected chi connectivity index (χ3v) is 1.41. The van der Waals surface area contributed by atoms with Gasteiger partial charge in [0.25, 0.3) is 0 Å². The molecule has 0 aromatic carbocycles. The van der Waals surface area contributed by atoms with E-state index in [2.05, 4.69) is 36.3 Å². The molecule has 0 rings (SSSR count). The molecule has 2 heteroatoms. The highest BCUT2D eigenvalue weighted by molar-refractivity contribution is 5.02. The van der Waals surface area contributed by atoms with Crippen LogP contribution in [-0.2, 0) is 0 Å². The lowest BCUT2D eigenvalue weighted by molar-refractivity contribution is 0.729. The Balaban J connectivity index is 3.01. The van der Waals surface area contributed by atoms with Crippen LogP contribution in [0.3, 0.4) is 0 Å². The van der Waals surface area contributed by atoms with Gasteiger partial charge in [0.2, 0.25) is 0 Å². The first kappa shape index (κ1) is 11.5. The molecule has 0 saturated carbocycles. The minimum atomic E-state index is 0.821. The van der Waals surface area contributed by atoms with Crippen molar-refractivity contribution in [2.75, 3.05) is 26.2 Å². The molecular formula is C10H20N2. The van der Waals surface area contributed by atoms with E-state index in [-0.39, 0.29) is 0 Å². The molecule has 0 fully saturated rings. The lowest BCUT2D eigenvalue weighted by atomic mass is 10.4. The second-order valence-corrected chi connectivity index (χ2v) is 2.71. The molecule has 0 radical (unpaired) electrons. The van der Waals surface area contributed by atoms with Gasteiger partial charge in [-0.25, -0.2) is 0 Å². The molecule has 0 heterocycles. The van der Waals surface area contributed by atoms with Gasteiger partial charge < -0.3 is 10.6 Å². The van der Waals surface area contributed by atoms with Gasteiger partial charge in [0.15, 0.2) is 0 Å². The second-order valence-electron chi connectivity index (χ2n) is 2.71. The zero-order chi connectivity index (χ0) is 9.07. The first-order valence-electron chi connectivity index (χ1n) is 4.79. The molecule has 0 aliphatic rings. The highest BCUT2D eigenvalue weighted by Gasteiger charge is 1.78. The third-order valence-electron chi connectivity index (χ3n) is 1.41. The van der Waals surface area contributed by atoms with Crippen LogP contribution in [0.2, 0.25) is 0 Å².